The summed E-state index contributed by atoms with van der Waals surface area (Å²) in [5.41, 5.74) is 9.45. The van der Waals surface area contributed by atoms with Gasteiger partial charge in [0.2, 0.25) is 0 Å². The van der Waals surface area contributed by atoms with Crippen molar-refractivity contribution in [2.45, 2.75) is 65.6 Å². The number of fused-ring (bicyclic) bond motifs is 1. The molecule has 0 spiro atoms. The molecule has 0 aliphatic carbocycles. The molecule has 0 aromatic carbocycles. The van der Waals surface area contributed by atoms with Crippen molar-refractivity contribution in [2.75, 3.05) is 13.1 Å². The molecule has 0 amide bonds. The molecule has 2 N–H and O–H groups in total. The van der Waals surface area contributed by atoms with Gasteiger partial charge in [0.25, 0.3) is 5.56 Å². The quantitative estimate of drug-likeness (QED) is 0.819. The molecule has 0 saturated carbocycles. The summed E-state index contributed by atoms with van der Waals surface area (Å²) >= 11 is 0. The maximum absolute atomic E-state index is 12.7. The van der Waals surface area contributed by atoms with Gasteiger partial charge in [0.05, 0.1) is 0 Å². The lowest BCUT2D eigenvalue weighted by Crippen LogP contribution is -2.37. The summed E-state index contributed by atoms with van der Waals surface area (Å²) in [4.78, 5) is 15.1. The Labute approximate surface area is 127 Å². The number of aromatic nitrogens is 1. The van der Waals surface area contributed by atoms with Crippen LogP contribution in [-0.2, 0) is 19.5 Å². The van der Waals surface area contributed by atoms with Crippen LogP contribution in [0.1, 0.15) is 62.9 Å². The van der Waals surface area contributed by atoms with Gasteiger partial charge < -0.3 is 10.3 Å². The molecule has 0 bridgehead atoms. The number of likely N-dealkylation sites (N-methyl/N-ethyl adjacent to an activating group) is 1. The number of pyridine rings is 1. The van der Waals surface area contributed by atoms with E-state index in [2.05, 4.69) is 24.8 Å². The second kappa shape index (κ2) is 7.23. The molecule has 1 aliphatic rings. The van der Waals surface area contributed by atoms with Gasteiger partial charge in [-0.15, -0.1) is 0 Å². The summed E-state index contributed by atoms with van der Waals surface area (Å²) in [5, 5.41) is 0. The highest BCUT2D eigenvalue weighted by Gasteiger charge is 2.21. The topological polar surface area (TPSA) is 51.3 Å². The third-order valence-electron chi connectivity index (χ3n) is 4.50. The average Bonchev–Trinajstić information content (AvgIpc) is 2.48. The van der Waals surface area contributed by atoms with E-state index in [1.807, 2.05) is 11.5 Å². The minimum atomic E-state index is -0.197. The summed E-state index contributed by atoms with van der Waals surface area (Å²) in [7, 11) is 0. The van der Waals surface area contributed by atoms with Crippen molar-refractivity contribution in [3.63, 3.8) is 0 Å². The van der Waals surface area contributed by atoms with Crippen molar-refractivity contribution in [1.82, 2.24) is 9.47 Å². The van der Waals surface area contributed by atoms with E-state index in [0.29, 0.717) is 0 Å². The van der Waals surface area contributed by atoms with E-state index in [0.717, 1.165) is 44.6 Å². The molecule has 0 fully saturated rings. The Kier molecular flexibility index (Phi) is 5.59. The standard InChI is InChI=1S/C17H29N3O/c1-4-6-7-9-20-16-8-10-19(5-2)12-14(16)11-15(13(3)18)17(20)21/h11,13H,4-10,12,18H2,1-3H3. The summed E-state index contributed by atoms with van der Waals surface area (Å²) in [6, 6.07) is 1.86. The lowest BCUT2D eigenvalue weighted by Gasteiger charge is -2.30. The van der Waals surface area contributed by atoms with Crippen LogP contribution < -0.4 is 11.3 Å². The fourth-order valence-electron chi connectivity index (χ4n) is 3.15. The van der Waals surface area contributed by atoms with Gasteiger partial charge in [-0.25, -0.2) is 0 Å². The molecule has 2 heterocycles. The van der Waals surface area contributed by atoms with Crippen LogP contribution in [0.4, 0.5) is 0 Å². The maximum atomic E-state index is 12.7. The van der Waals surface area contributed by atoms with Crippen LogP contribution >= 0.6 is 0 Å². The van der Waals surface area contributed by atoms with E-state index in [9.17, 15) is 4.79 Å². The maximum Gasteiger partial charge on any atom is 0.255 e. The van der Waals surface area contributed by atoms with E-state index in [1.165, 1.54) is 24.1 Å². The van der Waals surface area contributed by atoms with Crippen molar-refractivity contribution in [1.29, 1.82) is 0 Å². The van der Waals surface area contributed by atoms with Crippen molar-refractivity contribution < 1.29 is 0 Å². The van der Waals surface area contributed by atoms with Gasteiger partial charge in [-0.2, -0.15) is 0 Å². The van der Waals surface area contributed by atoms with Gasteiger partial charge in [-0.1, -0.05) is 26.7 Å². The Morgan fingerprint density at radius 1 is 1.33 bits per heavy atom. The van der Waals surface area contributed by atoms with Crippen molar-refractivity contribution in [3.05, 3.63) is 33.2 Å². The highest BCUT2D eigenvalue weighted by molar-refractivity contribution is 5.30. The molecule has 4 nitrogen and oxygen atoms in total. The van der Waals surface area contributed by atoms with Crippen LogP contribution in [0.15, 0.2) is 10.9 Å². The van der Waals surface area contributed by atoms with Gasteiger partial charge in [-0.05, 0) is 31.5 Å². The van der Waals surface area contributed by atoms with Crippen LogP contribution in [0, 0.1) is 0 Å². The summed E-state index contributed by atoms with van der Waals surface area (Å²) in [5.74, 6) is 0. The Morgan fingerprint density at radius 3 is 2.71 bits per heavy atom. The van der Waals surface area contributed by atoms with Gasteiger partial charge in [0.1, 0.15) is 0 Å². The zero-order chi connectivity index (χ0) is 15.4. The first-order valence-corrected chi connectivity index (χ1v) is 8.31. The van der Waals surface area contributed by atoms with Gasteiger partial charge in [-0.3, -0.25) is 9.69 Å². The fraction of sp³-hybridized carbons (Fsp3) is 0.706. The third-order valence-corrected chi connectivity index (χ3v) is 4.50. The van der Waals surface area contributed by atoms with Crippen molar-refractivity contribution in [3.8, 4) is 0 Å². The van der Waals surface area contributed by atoms with Crippen molar-refractivity contribution in [2.24, 2.45) is 5.73 Å². The van der Waals surface area contributed by atoms with E-state index in [4.69, 9.17) is 5.73 Å². The summed E-state index contributed by atoms with van der Waals surface area (Å²) in [6.07, 6.45) is 4.39. The largest absolute Gasteiger partial charge is 0.324 e. The Hall–Kier alpha value is -1.13. The first-order valence-electron chi connectivity index (χ1n) is 8.31. The number of nitrogens with zero attached hydrogens (tertiary/aromatic N) is 2. The molecular weight excluding hydrogens is 262 g/mol. The molecule has 1 atom stereocenters. The minimum absolute atomic E-state index is 0.129. The lowest BCUT2D eigenvalue weighted by atomic mass is 10.00. The first kappa shape index (κ1) is 16.2. The molecule has 0 saturated heterocycles. The molecule has 2 rings (SSSR count). The predicted molar refractivity (Wildman–Crippen MR) is 87.5 cm³/mol. The molecule has 1 aromatic heterocycles. The normalized spacial score (nSPS) is 16.8. The highest BCUT2D eigenvalue weighted by atomic mass is 16.1. The van der Waals surface area contributed by atoms with E-state index in [1.54, 1.807) is 0 Å². The molecule has 0 radical (unpaired) electrons. The zero-order valence-corrected chi connectivity index (χ0v) is 13.7. The molecule has 1 unspecified atom stereocenters. The van der Waals surface area contributed by atoms with E-state index < -0.39 is 0 Å². The van der Waals surface area contributed by atoms with Crippen molar-refractivity contribution >= 4 is 0 Å². The van der Waals surface area contributed by atoms with Crippen LogP contribution in [-0.4, -0.2) is 22.6 Å². The number of hydrogen-bond acceptors (Lipinski definition) is 3. The number of nitrogens with two attached hydrogens (primary N) is 1. The SMILES string of the molecule is CCCCCn1c2c(cc(C(C)N)c1=O)CN(CC)CC2. The van der Waals surface area contributed by atoms with Crippen LogP contribution in [0.25, 0.3) is 0 Å². The second-order valence-corrected chi connectivity index (χ2v) is 6.14. The molecule has 21 heavy (non-hydrogen) atoms. The second-order valence-electron chi connectivity index (χ2n) is 6.14. The van der Waals surface area contributed by atoms with Gasteiger partial charge >= 0.3 is 0 Å². The molecule has 4 heteroatoms. The predicted octanol–water partition coefficient (Wildman–Crippen LogP) is 2.44. The highest BCUT2D eigenvalue weighted by Crippen LogP contribution is 2.21. The fourth-order valence-corrected chi connectivity index (χ4v) is 3.15. The number of unbranched alkanes of at least 4 members (excludes halogenated alkanes) is 2. The van der Waals surface area contributed by atoms with E-state index >= 15 is 0 Å². The Bertz CT molecular complexity index is 534. The molecular formula is C17H29N3O. The molecule has 1 aromatic rings. The van der Waals surface area contributed by atoms with Crippen LogP contribution in [0.2, 0.25) is 0 Å². The zero-order valence-electron chi connectivity index (χ0n) is 13.7. The Balaban J connectivity index is 2.41. The average molecular weight is 291 g/mol. The van der Waals surface area contributed by atoms with Crippen LogP contribution in [0.3, 0.4) is 0 Å². The monoisotopic (exact) mass is 291 g/mol. The smallest absolute Gasteiger partial charge is 0.255 e. The van der Waals surface area contributed by atoms with Crippen LogP contribution in [0.5, 0.6) is 0 Å². The summed E-state index contributed by atoms with van der Waals surface area (Å²) in [6.45, 7) is 10.2. The third kappa shape index (κ3) is 3.55. The van der Waals surface area contributed by atoms with E-state index in [-0.39, 0.29) is 11.6 Å². The summed E-state index contributed by atoms with van der Waals surface area (Å²) < 4.78 is 2.01. The minimum Gasteiger partial charge on any atom is -0.324 e. The lowest BCUT2D eigenvalue weighted by molar-refractivity contribution is 0.261. The molecule has 1 aliphatic heterocycles. The Morgan fingerprint density at radius 2 is 2.10 bits per heavy atom. The first-order chi connectivity index (χ1) is 10.1. The van der Waals surface area contributed by atoms with Gasteiger partial charge in [0, 0.05) is 43.4 Å². The molecule has 118 valence electrons. The van der Waals surface area contributed by atoms with Gasteiger partial charge in [0.15, 0.2) is 0 Å². The number of hydrogen-bond donors (Lipinski definition) is 1. The number of rotatable bonds is 6.